The number of amides is 3. The number of benzene rings is 1. The molecule has 3 atom stereocenters. The van der Waals surface area contributed by atoms with Gasteiger partial charge in [-0.2, -0.15) is 0 Å². The van der Waals surface area contributed by atoms with Crippen LogP contribution in [0.3, 0.4) is 0 Å². The fourth-order valence-corrected chi connectivity index (χ4v) is 4.77. The van der Waals surface area contributed by atoms with Crippen molar-refractivity contribution in [2.75, 3.05) is 11.9 Å². The topological polar surface area (TPSA) is 91.4 Å². The number of aryl methyl sites for hydroxylation is 1. The summed E-state index contributed by atoms with van der Waals surface area (Å²) in [4.78, 5) is 43.8. The Kier molecular flexibility index (Phi) is 4.11. The van der Waals surface area contributed by atoms with E-state index in [4.69, 9.17) is 0 Å². The first-order chi connectivity index (χ1) is 13.9. The predicted octanol–water partition coefficient (Wildman–Crippen LogP) is 2.51. The lowest BCUT2D eigenvalue weighted by atomic mass is 9.98. The van der Waals surface area contributed by atoms with E-state index >= 15 is 0 Å². The van der Waals surface area contributed by atoms with E-state index in [2.05, 4.69) is 31.5 Å². The van der Waals surface area contributed by atoms with E-state index in [0.717, 1.165) is 12.0 Å². The first kappa shape index (κ1) is 18.4. The number of nitrogens with zero attached hydrogens (tertiary/aromatic N) is 2. The number of fused-ring (bicyclic) bond motifs is 2. The van der Waals surface area contributed by atoms with E-state index in [1.54, 1.807) is 24.3 Å². The van der Waals surface area contributed by atoms with E-state index in [1.807, 2.05) is 19.1 Å². The van der Waals surface area contributed by atoms with Crippen LogP contribution in [0.5, 0.6) is 0 Å². The fourth-order valence-electron chi connectivity index (χ4n) is 4.46. The van der Waals surface area contributed by atoms with Gasteiger partial charge in [0.25, 0.3) is 11.8 Å². The van der Waals surface area contributed by atoms with Crippen LogP contribution in [-0.2, 0) is 4.79 Å². The van der Waals surface area contributed by atoms with Crippen LogP contribution in [0.1, 0.15) is 39.1 Å². The average molecular weight is 455 g/mol. The van der Waals surface area contributed by atoms with Gasteiger partial charge in [0.05, 0.1) is 17.2 Å². The summed E-state index contributed by atoms with van der Waals surface area (Å²) in [6.07, 6.45) is 1.45. The summed E-state index contributed by atoms with van der Waals surface area (Å²) in [5, 5.41) is 6.23. The Labute approximate surface area is 176 Å². The Hall–Kier alpha value is -2.58. The molecular weight excluding hydrogens is 436 g/mol. The van der Waals surface area contributed by atoms with E-state index in [1.165, 1.54) is 4.90 Å². The molecule has 1 aromatic carbocycles. The summed E-state index contributed by atoms with van der Waals surface area (Å²) < 4.78 is 0.655. The van der Waals surface area contributed by atoms with Gasteiger partial charge in [0.2, 0.25) is 5.91 Å². The second kappa shape index (κ2) is 6.47. The summed E-state index contributed by atoms with van der Waals surface area (Å²) in [5.74, 6) is -0.103. The van der Waals surface area contributed by atoms with Crippen molar-refractivity contribution in [1.29, 1.82) is 0 Å². The lowest BCUT2D eigenvalue weighted by molar-refractivity contribution is -0.118. The second-order valence-electron chi connectivity index (χ2n) is 8.07. The molecule has 3 heterocycles. The van der Waals surface area contributed by atoms with Crippen LogP contribution in [0.25, 0.3) is 0 Å². The monoisotopic (exact) mass is 454 g/mol. The average Bonchev–Trinajstić information content (AvgIpc) is 3.17. The van der Waals surface area contributed by atoms with E-state index in [-0.39, 0.29) is 35.2 Å². The number of nitrogens with one attached hydrogen (secondary N) is 2. The van der Waals surface area contributed by atoms with E-state index < -0.39 is 0 Å². The van der Waals surface area contributed by atoms with Crippen LogP contribution < -0.4 is 10.6 Å². The molecule has 2 fully saturated rings. The molecule has 7 nitrogen and oxygen atoms in total. The summed E-state index contributed by atoms with van der Waals surface area (Å²) in [7, 11) is 0. The number of aromatic nitrogens is 1. The molecule has 1 aromatic heterocycles. The Morgan fingerprint density at radius 3 is 2.59 bits per heavy atom. The van der Waals surface area contributed by atoms with Crippen molar-refractivity contribution >= 4 is 39.5 Å². The van der Waals surface area contributed by atoms with Crippen LogP contribution in [0.15, 0.2) is 41.0 Å². The highest BCUT2D eigenvalue weighted by Crippen LogP contribution is 2.55. The highest BCUT2D eigenvalue weighted by atomic mass is 79.9. The zero-order chi connectivity index (χ0) is 20.3. The maximum Gasteiger partial charge on any atom is 0.261 e. The van der Waals surface area contributed by atoms with Crippen molar-refractivity contribution < 1.29 is 14.4 Å². The number of carbonyl (C=O) groups is 3. The molecule has 3 amide bonds. The smallest absolute Gasteiger partial charge is 0.261 e. The van der Waals surface area contributed by atoms with Crippen LogP contribution in [0, 0.1) is 12.3 Å². The molecular formula is C21H19BrN4O3. The van der Waals surface area contributed by atoms with Gasteiger partial charge < -0.3 is 10.6 Å². The molecule has 5 rings (SSSR count). The number of hydrogen-bond donors (Lipinski definition) is 2. The normalized spacial score (nSPS) is 27.0. The number of pyridine rings is 1. The molecule has 2 N–H and O–H groups in total. The quantitative estimate of drug-likeness (QED) is 0.546. The van der Waals surface area contributed by atoms with Gasteiger partial charge in [0, 0.05) is 18.0 Å². The Bertz CT molecular complexity index is 1040. The first-order valence-corrected chi connectivity index (χ1v) is 10.3. The van der Waals surface area contributed by atoms with Gasteiger partial charge in [0.1, 0.15) is 10.4 Å². The van der Waals surface area contributed by atoms with Crippen LogP contribution >= 0.6 is 15.9 Å². The predicted molar refractivity (Wildman–Crippen MR) is 109 cm³/mol. The molecule has 1 aliphatic carbocycles. The lowest BCUT2D eigenvalue weighted by Crippen LogP contribution is -2.39. The van der Waals surface area contributed by atoms with Crippen molar-refractivity contribution in [2.24, 2.45) is 5.41 Å². The minimum atomic E-state index is -0.371. The zero-order valence-electron chi connectivity index (χ0n) is 15.7. The second-order valence-corrected chi connectivity index (χ2v) is 8.89. The molecule has 29 heavy (non-hydrogen) atoms. The minimum Gasteiger partial charge on any atom is -0.309 e. The Balaban J connectivity index is 1.28. The Morgan fingerprint density at radius 2 is 1.90 bits per heavy atom. The van der Waals surface area contributed by atoms with E-state index in [0.29, 0.717) is 34.5 Å². The molecule has 2 aliphatic heterocycles. The SMILES string of the molecule is Cc1ccc(Br)nc1NC(=O)[C@@H]1C[C@@]2(CN3C(=O)c4ccccc4C3=O)C[C@H]2N1. The summed E-state index contributed by atoms with van der Waals surface area (Å²) in [6, 6.07) is 10.4. The van der Waals surface area contributed by atoms with Crippen molar-refractivity contribution in [2.45, 2.75) is 31.8 Å². The number of rotatable bonds is 4. The van der Waals surface area contributed by atoms with Gasteiger partial charge >= 0.3 is 0 Å². The number of carbonyl (C=O) groups excluding carboxylic acids is 3. The van der Waals surface area contributed by atoms with Crippen LogP contribution in [0.2, 0.25) is 0 Å². The maximum atomic E-state index is 12.8. The van der Waals surface area contributed by atoms with Crippen molar-refractivity contribution in [3.63, 3.8) is 0 Å². The molecule has 2 aromatic rings. The first-order valence-electron chi connectivity index (χ1n) is 9.53. The summed E-state index contributed by atoms with van der Waals surface area (Å²) in [5.41, 5.74) is 1.57. The number of hydrogen-bond acceptors (Lipinski definition) is 5. The number of anilines is 1. The molecule has 0 radical (unpaired) electrons. The highest BCUT2D eigenvalue weighted by Gasteiger charge is 2.63. The van der Waals surface area contributed by atoms with Crippen molar-refractivity contribution in [1.82, 2.24) is 15.2 Å². The zero-order valence-corrected chi connectivity index (χ0v) is 17.3. The molecule has 148 valence electrons. The third-order valence-corrected chi connectivity index (χ3v) is 6.62. The molecule has 0 spiro atoms. The molecule has 3 aliphatic rings. The highest BCUT2D eigenvalue weighted by molar-refractivity contribution is 9.10. The van der Waals surface area contributed by atoms with Crippen LogP contribution in [0.4, 0.5) is 5.82 Å². The fraction of sp³-hybridized carbons (Fsp3) is 0.333. The van der Waals surface area contributed by atoms with Gasteiger partial charge in [-0.15, -0.1) is 0 Å². The Morgan fingerprint density at radius 1 is 1.21 bits per heavy atom. The molecule has 1 saturated carbocycles. The molecule has 0 bridgehead atoms. The van der Waals surface area contributed by atoms with Gasteiger partial charge in [-0.05, 0) is 59.5 Å². The largest absolute Gasteiger partial charge is 0.309 e. The summed E-state index contributed by atoms with van der Waals surface area (Å²) >= 11 is 3.32. The van der Waals surface area contributed by atoms with Gasteiger partial charge in [-0.25, -0.2) is 4.98 Å². The maximum absolute atomic E-state index is 12.8. The number of imide groups is 1. The molecule has 0 unspecified atom stereocenters. The van der Waals surface area contributed by atoms with Crippen LogP contribution in [-0.4, -0.2) is 46.2 Å². The number of halogens is 1. The summed E-state index contributed by atoms with van der Waals surface area (Å²) in [6.45, 7) is 2.23. The van der Waals surface area contributed by atoms with E-state index in [9.17, 15) is 14.4 Å². The van der Waals surface area contributed by atoms with Crippen molar-refractivity contribution in [3.8, 4) is 0 Å². The van der Waals surface area contributed by atoms with Gasteiger partial charge in [0.15, 0.2) is 0 Å². The minimum absolute atomic E-state index is 0.138. The van der Waals surface area contributed by atoms with Gasteiger partial charge in [-0.3, -0.25) is 19.3 Å². The standard InChI is InChI=1S/C21H19BrN4O3/c1-11-6-7-16(22)24-17(11)25-18(27)14-8-21(9-15(21)23-14)10-26-19(28)12-4-2-3-5-13(12)20(26)29/h2-7,14-15,23H,8-10H2,1H3,(H,24,25,27)/t14-,15+,21-/m0/s1. The lowest BCUT2D eigenvalue weighted by Gasteiger charge is -2.21. The number of piperidine rings is 1. The molecule has 8 heteroatoms. The third-order valence-electron chi connectivity index (χ3n) is 6.18. The van der Waals surface area contributed by atoms with Gasteiger partial charge in [-0.1, -0.05) is 18.2 Å². The molecule has 1 saturated heterocycles. The van der Waals surface area contributed by atoms with Crippen molar-refractivity contribution in [3.05, 3.63) is 57.7 Å². The third kappa shape index (κ3) is 2.98.